The molecule has 3 radical (unpaired) electrons. The summed E-state index contributed by atoms with van der Waals surface area (Å²) >= 11 is 0. The second-order valence-electron chi connectivity index (χ2n) is 0. The SMILES string of the molecule is [Ag+].[Ag+].[Ag+].[Bi]. The van der Waals surface area contributed by atoms with Crippen molar-refractivity contribution in [3.8, 4) is 0 Å². The summed E-state index contributed by atoms with van der Waals surface area (Å²) in [7, 11) is 0. The zero-order valence-corrected chi connectivity index (χ0v) is 9.28. The Hall–Kier alpha value is 3.10. The minimum Gasteiger partial charge on any atom is 0 e. The molecule has 0 aliphatic heterocycles. The van der Waals surface area contributed by atoms with Crippen LogP contribution in [0.1, 0.15) is 0 Å². The van der Waals surface area contributed by atoms with Crippen LogP contribution in [-0.2, 0) is 67.1 Å². The maximum atomic E-state index is 0. The van der Waals surface area contributed by atoms with Gasteiger partial charge >= 0.3 is 67.1 Å². The summed E-state index contributed by atoms with van der Waals surface area (Å²) in [5.74, 6) is 0. The van der Waals surface area contributed by atoms with Gasteiger partial charge in [-0.3, -0.25) is 0 Å². The second-order valence-corrected chi connectivity index (χ2v) is 0. The molecule has 0 aromatic rings. The number of rotatable bonds is 0. The van der Waals surface area contributed by atoms with Crippen LogP contribution in [0.3, 0.4) is 0 Å². The number of hydrogen-bond donors (Lipinski definition) is 0. The molecule has 0 nitrogen and oxygen atoms in total. The van der Waals surface area contributed by atoms with Gasteiger partial charge in [0.25, 0.3) is 0 Å². The molecular weight excluding hydrogens is 533 g/mol. The Bertz CT molecular complexity index is 3.25. The van der Waals surface area contributed by atoms with E-state index in [1.165, 1.54) is 0 Å². The summed E-state index contributed by atoms with van der Waals surface area (Å²) in [6, 6.07) is 0. The van der Waals surface area contributed by atoms with Gasteiger partial charge in [-0.1, -0.05) is 0 Å². The van der Waals surface area contributed by atoms with Crippen LogP contribution >= 0.6 is 0 Å². The first kappa shape index (κ1) is 27.5. The molecule has 0 aliphatic carbocycles. The van der Waals surface area contributed by atoms with E-state index in [9.17, 15) is 0 Å². The molecule has 0 aromatic heterocycles. The van der Waals surface area contributed by atoms with Crippen LogP contribution in [0.25, 0.3) is 0 Å². The van der Waals surface area contributed by atoms with Gasteiger partial charge < -0.3 is 0 Å². The molecular formula is Ag3Bi+3. The molecule has 0 spiro atoms. The van der Waals surface area contributed by atoms with Crippen molar-refractivity contribution in [1.82, 2.24) is 0 Å². The van der Waals surface area contributed by atoms with Crippen LogP contribution in [0, 0.1) is 0 Å². The van der Waals surface area contributed by atoms with Crippen molar-refractivity contribution in [2.75, 3.05) is 0 Å². The van der Waals surface area contributed by atoms with E-state index in [2.05, 4.69) is 0 Å². The van der Waals surface area contributed by atoms with Gasteiger partial charge in [-0.25, -0.2) is 0 Å². The van der Waals surface area contributed by atoms with Crippen molar-refractivity contribution in [2.24, 2.45) is 0 Å². The molecule has 0 heterocycles. The molecule has 0 aliphatic rings. The topological polar surface area (TPSA) is 0 Å². The second kappa shape index (κ2) is 16.5. The molecule has 0 bridgehead atoms. The third-order valence-corrected chi connectivity index (χ3v) is 0. The van der Waals surface area contributed by atoms with Crippen LogP contribution < -0.4 is 0 Å². The summed E-state index contributed by atoms with van der Waals surface area (Å²) in [6.45, 7) is 0. The minimum absolute atomic E-state index is 0. The molecule has 0 aromatic carbocycles. The van der Waals surface area contributed by atoms with E-state index in [0.29, 0.717) is 0 Å². The fourth-order valence-electron chi connectivity index (χ4n) is 0. The van der Waals surface area contributed by atoms with Crippen LogP contribution in [0.15, 0.2) is 0 Å². The molecule has 0 saturated heterocycles. The van der Waals surface area contributed by atoms with Crippen molar-refractivity contribution >= 4 is 26.2 Å². The maximum Gasteiger partial charge on any atom is 1.00 e. The van der Waals surface area contributed by atoms with Gasteiger partial charge in [0.1, 0.15) is 0 Å². The predicted molar refractivity (Wildman–Crippen MR) is 5.75 cm³/mol. The van der Waals surface area contributed by atoms with E-state index in [-0.39, 0.29) is 93.3 Å². The van der Waals surface area contributed by atoms with E-state index in [1.807, 2.05) is 0 Å². The zero-order valence-electron chi connectivity index (χ0n) is 1.35. The van der Waals surface area contributed by atoms with Gasteiger partial charge in [-0.05, 0) is 0 Å². The first-order valence-electron chi connectivity index (χ1n) is 0. The summed E-state index contributed by atoms with van der Waals surface area (Å²) in [6.07, 6.45) is 0. The van der Waals surface area contributed by atoms with Crippen molar-refractivity contribution in [2.45, 2.75) is 0 Å². The van der Waals surface area contributed by atoms with Crippen LogP contribution in [0.5, 0.6) is 0 Å². The number of hydrogen-bond acceptors (Lipinski definition) is 0. The van der Waals surface area contributed by atoms with Gasteiger partial charge in [0, 0.05) is 26.2 Å². The molecule has 0 amide bonds. The monoisotopic (exact) mass is 530 g/mol. The van der Waals surface area contributed by atoms with Crippen LogP contribution in [-0.4, -0.2) is 26.2 Å². The Morgan fingerprint density at radius 3 is 0.500 bits per heavy atom. The van der Waals surface area contributed by atoms with E-state index in [4.69, 9.17) is 0 Å². The third kappa shape index (κ3) is 8.92. The van der Waals surface area contributed by atoms with Crippen molar-refractivity contribution in [3.63, 3.8) is 0 Å². The fraction of sp³-hybridized carbons (Fsp3) is 0. The largest absolute Gasteiger partial charge is 1.00 e. The Morgan fingerprint density at radius 1 is 0.500 bits per heavy atom. The van der Waals surface area contributed by atoms with Gasteiger partial charge in [0.2, 0.25) is 0 Å². The minimum atomic E-state index is 0. The standard InChI is InChI=1S/3Ag.Bi/q3*+1;. The van der Waals surface area contributed by atoms with E-state index >= 15 is 0 Å². The van der Waals surface area contributed by atoms with E-state index < -0.39 is 0 Å². The summed E-state index contributed by atoms with van der Waals surface area (Å²) < 4.78 is 0. The third-order valence-electron chi connectivity index (χ3n) is 0. The average molecular weight is 533 g/mol. The summed E-state index contributed by atoms with van der Waals surface area (Å²) in [4.78, 5) is 0. The molecule has 0 unspecified atom stereocenters. The fourth-order valence-corrected chi connectivity index (χ4v) is 0. The first-order valence-corrected chi connectivity index (χ1v) is 0. The Balaban J connectivity index is 0. The quantitative estimate of drug-likeness (QED) is 0.373. The average Bonchev–Trinajstić information content (AvgIpc) is 0. The first-order chi connectivity index (χ1) is 0. The van der Waals surface area contributed by atoms with Gasteiger partial charge in [0.05, 0.1) is 0 Å². The van der Waals surface area contributed by atoms with Crippen molar-refractivity contribution in [1.29, 1.82) is 0 Å². The smallest absolute Gasteiger partial charge is 0 e. The van der Waals surface area contributed by atoms with Crippen molar-refractivity contribution < 1.29 is 67.1 Å². The maximum absolute atomic E-state index is 0. The molecule has 0 fully saturated rings. The zero-order chi connectivity index (χ0) is 0. The molecule has 4 heavy (non-hydrogen) atoms. The molecule has 0 saturated carbocycles. The van der Waals surface area contributed by atoms with Gasteiger partial charge in [-0.15, -0.1) is 0 Å². The molecule has 35 valence electrons. The van der Waals surface area contributed by atoms with Crippen LogP contribution in [0.4, 0.5) is 0 Å². The predicted octanol–water partition coefficient (Wildman–Crippen LogP) is -0.388. The molecule has 0 atom stereocenters. The normalized spacial score (nSPS) is 0. The summed E-state index contributed by atoms with van der Waals surface area (Å²) in [5.41, 5.74) is 0. The Labute approximate surface area is 91.5 Å². The van der Waals surface area contributed by atoms with Gasteiger partial charge in [-0.2, -0.15) is 0 Å². The van der Waals surface area contributed by atoms with Gasteiger partial charge in [0.15, 0.2) is 0 Å². The van der Waals surface area contributed by atoms with E-state index in [1.54, 1.807) is 0 Å². The molecule has 0 N–H and O–H groups in total. The Morgan fingerprint density at radius 2 is 0.500 bits per heavy atom. The van der Waals surface area contributed by atoms with Crippen molar-refractivity contribution in [3.05, 3.63) is 0 Å². The van der Waals surface area contributed by atoms with E-state index in [0.717, 1.165) is 0 Å². The van der Waals surface area contributed by atoms with Crippen LogP contribution in [0.2, 0.25) is 0 Å². The Kier molecular flexibility index (Phi) is 113. The molecule has 4 heteroatoms. The molecule has 0 rings (SSSR count). The summed E-state index contributed by atoms with van der Waals surface area (Å²) in [5, 5.41) is 0.